The lowest BCUT2D eigenvalue weighted by molar-refractivity contribution is 0.183. The molecule has 1 aromatic carbocycles. The third-order valence-electron chi connectivity index (χ3n) is 5.75. The lowest BCUT2D eigenvalue weighted by atomic mass is 9.87. The molecule has 0 amide bonds. The lowest BCUT2D eigenvalue weighted by Gasteiger charge is -2.19. The number of aryl methyl sites for hydroxylation is 2. The van der Waals surface area contributed by atoms with Crippen molar-refractivity contribution in [3.8, 4) is 0 Å². The van der Waals surface area contributed by atoms with E-state index in [0.29, 0.717) is 13.2 Å². The molecular formula is C24H30N2O2S2. The Labute approximate surface area is 186 Å². The van der Waals surface area contributed by atoms with Gasteiger partial charge in [-0.1, -0.05) is 56.8 Å². The van der Waals surface area contributed by atoms with Gasteiger partial charge in [-0.3, -0.25) is 9.36 Å². The topological polar surface area (TPSA) is 44.1 Å². The van der Waals surface area contributed by atoms with Gasteiger partial charge in [-0.25, -0.2) is 4.98 Å². The van der Waals surface area contributed by atoms with Crippen LogP contribution in [0.15, 0.2) is 34.2 Å². The third kappa shape index (κ3) is 4.36. The fraction of sp³-hybridized carbons (Fsp3) is 0.500. The minimum absolute atomic E-state index is 0.0991. The second-order valence-electron chi connectivity index (χ2n) is 8.97. The summed E-state index contributed by atoms with van der Waals surface area (Å²) in [6.07, 6.45) is 4.46. The average molecular weight is 443 g/mol. The highest BCUT2D eigenvalue weighted by Gasteiger charge is 2.22. The van der Waals surface area contributed by atoms with Gasteiger partial charge in [0.1, 0.15) is 4.83 Å². The highest BCUT2D eigenvalue weighted by molar-refractivity contribution is 7.98. The molecule has 1 aliphatic rings. The molecule has 0 spiro atoms. The minimum Gasteiger partial charge on any atom is -0.383 e. The summed E-state index contributed by atoms with van der Waals surface area (Å²) in [5.41, 5.74) is 4.07. The third-order valence-corrected chi connectivity index (χ3v) is 7.98. The number of rotatable bonds is 6. The quantitative estimate of drug-likeness (QED) is 0.370. The van der Waals surface area contributed by atoms with Gasteiger partial charge in [0.25, 0.3) is 5.56 Å². The molecular weight excluding hydrogens is 412 g/mol. The Morgan fingerprint density at radius 2 is 1.90 bits per heavy atom. The molecule has 6 heteroatoms. The number of thioether (sulfide) groups is 1. The summed E-state index contributed by atoms with van der Waals surface area (Å²) < 4.78 is 7.10. The molecule has 4 nitrogen and oxygen atoms in total. The molecule has 0 bridgehead atoms. The van der Waals surface area contributed by atoms with Crippen molar-refractivity contribution in [2.45, 2.75) is 69.3 Å². The van der Waals surface area contributed by atoms with E-state index in [1.807, 2.05) is 4.57 Å². The molecule has 0 N–H and O–H groups in total. The minimum atomic E-state index is 0.0991. The summed E-state index contributed by atoms with van der Waals surface area (Å²) >= 11 is 3.36. The van der Waals surface area contributed by atoms with E-state index in [1.165, 1.54) is 28.0 Å². The number of hydrogen-bond acceptors (Lipinski definition) is 5. The van der Waals surface area contributed by atoms with Crippen LogP contribution in [-0.2, 0) is 35.3 Å². The van der Waals surface area contributed by atoms with Crippen molar-refractivity contribution in [2.24, 2.45) is 0 Å². The second kappa shape index (κ2) is 8.85. The van der Waals surface area contributed by atoms with Crippen LogP contribution >= 0.6 is 23.1 Å². The molecule has 0 aliphatic heterocycles. The monoisotopic (exact) mass is 442 g/mol. The number of nitrogens with zero attached hydrogens (tertiary/aromatic N) is 2. The van der Waals surface area contributed by atoms with Gasteiger partial charge >= 0.3 is 0 Å². The zero-order valence-corrected chi connectivity index (χ0v) is 19.9. The van der Waals surface area contributed by atoms with E-state index in [-0.39, 0.29) is 11.0 Å². The van der Waals surface area contributed by atoms with Crippen LogP contribution in [0.4, 0.5) is 0 Å². The lowest BCUT2D eigenvalue weighted by Crippen LogP contribution is -2.25. The summed E-state index contributed by atoms with van der Waals surface area (Å²) in [5, 5.41) is 1.65. The molecule has 2 heterocycles. The Morgan fingerprint density at radius 3 is 2.60 bits per heavy atom. The first-order valence-corrected chi connectivity index (χ1v) is 12.4. The Balaban J connectivity index is 1.66. The van der Waals surface area contributed by atoms with Gasteiger partial charge in [-0.2, -0.15) is 0 Å². The van der Waals surface area contributed by atoms with Gasteiger partial charge in [0.05, 0.1) is 18.5 Å². The largest absolute Gasteiger partial charge is 0.383 e. The van der Waals surface area contributed by atoms with E-state index >= 15 is 0 Å². The van der Waals surface area contributed by atoms with Crippen LogP contribution < -0.4 is 5.56 Å². The van der Waals surface area contributed by atoms with Gasteiger partial charge in [0.15, 0.2) is 5.16 Å². The van der Waals surface area contributed by atoms with Crippen molar-refractivity contribution < 1.29 is 4.74 Å². The van der Waals surface area contributed by atoms with Crippen LogP contribution in [-0.4, -0.2) is 23.3 Å². The van der Waals surface area contributed by atoms with Crippen LogP contribution in [0, 0.1) is 0 Å². The van der Waals surface area contributed by atoms with Crippen LogP contribution in [0.2, 0.25) is 0 Å². The molecule has 3 aromatic rings. The Bertz CT molecular complexity index is 1090. The maximum atomic E-state index is 13.4. The molecule has 0 unspecified atom stereocenters. The van der Waals surface area contributed by atoms with Gasteiger partial charge < -0.3 is 4.74 Å². The summed E-state index contributed by atoms with van der Waals surface area (Å²) in [4.78, 5) is 20.6. The van der Waals surface area contributed by atoms with E-state index in [1.54, 1.807) is 30.2 Å². The summed E-state index contributed by atoms with van der Waals surface area (Å²) in [7, 11) is 1.67. The number of benzene rings is 1. The number of fused-ring (bicyclic) bond motifs is 3. The summed E-state index contributed by atoms with van der Waals surface area (Å²) in [5.74, 6) is 0.792. The predicted molar refractivity (Wildman–Crippen MR) is 127 cm³/mol. The molecule has 160 valence electrons. The molecule has 30 heavy (non-hydrogen) atoms. The smallest absolute Gasteiger partial charge is 0.263 e. The van der Waals surface area contributed by atoms with Crippen LogP contribution in [0.3, 0.4) is 0 Å². The zero-order valence-electron chi connectivity index (χ0n) is 18.3. The average Bonchev–Trinajstić information content (AvgIpc) is 3.10. The standard InChI is InChI=1S/C24H30N2O2S2/c1-24(2,3)17-11-9-16(10-12-17)15-29-23-25-21-20(22(27)26(23)13-14-28-4)18-7-5-6-8-19(18)30-21/h9-12H,5-8,13-15H2,1-4H3. The maximum absolute atomic E-state index is 13.4. The number of hydrogen-bond donors (Lipinski definition) is 0. The van der Waals surface area contributed by atoms with Crippen molar-refractivity contribution in [3.05, 3.63) is 56.2 Å². The van der Waals surface area contributed by atoms with E-state index in [9.17, 15) is 4.79 Å². The predicted octanol–water partition coefficient (Wildman–Crippen LogP) is 5.57. The van der Waals surface area contributed by atoms with Crippen molar-refractivity contribution in [1.29, 1.82) is 0 Å². The van der Waals surface area contributed by atoms with Gasteiger partial charge in [0, 0.05) is 17.7 Å². The molecule has 4 rings (SSSR count). The highest BCUT2D eigenvalue weighted by Crippen LogP contribution is 2.35. The van der Waals surface area contributed by atoms with E-state index in [0.717, 1.165) is 40.4 Å². The van der Waals surface area contributed by atoms with E-state index in [4.69, 9.17) is 9.72 Å². The number of aromatic nitrogens is 2. The number of methoxy groups -OCH3 is 1. The van der Waals surface area contributed by atoms with Gasteiger partial charge in [-0.15, -0.1) is 11.3 Å². The van der Waals surface area contributed by atoms with Crippen molar-refractivity contribution in [2.75, 3.05) is 13.7 Å². The second-order valence-corrected chi connectivity index (χ2v) is 11.0. The van der Waals surface area contributed by atoms with E-state index in [2.05, 4.69) is 45.0 Å². The highest BCUT2D eigenvalue weighted by atomic mass is 32.2. The number of ether oxygens (including phenoxy) is 1. The molecule has 1 aliphatic carbocycles. The van der Waals surface area contributed by atoms with Crippen molar-refractivity contribution in [1.82, 2.24) is 9.55 Å². The first kappa shape index (κ1) is 21.6. The van der Waals surface area contributed by atoms with Crippen LogP contribution in [0.25, 0.3) is 10.2 Å². The zero-order chi connectivity index (χ0) is 21.3. The first-order chi connectivity index (χ1) is 14.4. The van der Waals surface area contributed by atoms with Crippen molar-refractivity contribution >= 4 is 33.3 Å². The van der Waals surface area contributed by atoms with Crippen LogP contribution in [0.5, 0.6) is 0 Å². The molecule has 0 radical (unpaired) electrons. The Morgan fingerprint density at radius 1 is 1.17 bits per heavy atom. The van der Waals surface area contributed by atoms with Gasteiger partial charge in [0.2, 0.25) is 0 Å². The summed E-state index contributed by atoms with van der Waals surface area (Å²) in [6.45, 7) is 7.72. The number of thiophene rings is 1. The molecule has 2 aromatic heterocycles. The SMILES string of the molecule is COCCn1c(SCc2ccc(C(C)(C)C)cc2)nc2sc3c(c2c1=O)CCCC3. The van der Waals surface area contributed by atoms with Crippen LogP contribution in [0.1, 0.15) is 55.2 Å². The fourth-order valence-corrected chi connectivity index (χ4v) is 6.24. The molecule has 0 atom stereocenters. The van der Waals surface area contributed by atoms with Gasteiger partial charge in [-0.05, 0) is 47.8 Å². The fourth-order valence-electron chi connectivity index (χ4n) is 3.96. The Hall–Kier alpha value is -1.63. The maximum Gasteiger partial charge on any atom is 0.263 e. The van der Waals surface area contributed by atoms with E-state index < -0.39 is 0 Å². The normalized spacial score (nSPS) is 14.3. The van der Waals surface area contributed by atoms with Crippen molar-refractivity contribution in [3.63, 3.8) is 0 Å². The molecule has 0 fully saturated rings. The molecule has 0 saturated heterocycles. The summed E-state index contributed by atoms with van der Waals surface area (Å²) in [6, 6.07) is 8.79. The Kier molecular flexibility index (Phi) is 6.37. The first-order valence-electron chi connectivity index (χ1n) is 10.6. The molecule has 0 saturated carbocycles.